The van der Waals surface area contributed by atoms with Crippen LogP contribution in [0.1, 0.15) is 30.1 Å². The molecule has 2 amide bonds. The Balaban J connectivity index is 1.40. The molecule has 148 valence electrons. The molecule has 2 aliphatic heterocycles. The third kappa shape index (κ3) is 6.02. The number of carbonyl (C=O) groups is 2. The van der Waals surface area contributed by atoms with Crippen molar-refractivity contribution < 1.29 is 14.3 Å². The van der Waals surface area contributed by atoms with Crippen molar-refractivity contribution in [2.75, 3.05) is 57.8 Å². The van der Waals surface area contributed by atoms with Gasteiger partial charge >= 0.3 is 0 Å². The van der Waals surface area contributed by atoms with Gasteiger partial charge in [-0.15, -0.1) is 0 Å². The number of benzene rings is 1. The lowest BCUT2D eigenvalue weighted by molar-refractivity contribution is -0.117. The maximum atomic E-state index is 12.2. The van der Waals surface area contributed by atoms with E-state index in [9.17, 15) is 9.59 Å². The quantitative estimate of drug-likeness (QED) is 0.750. The van der Waals surface area contributed by atoms with E-state index in [1.807, 2.05) is 0 Å². The van der Waals surface area contributed by atoms with Gasteiger partial charge in [0, 0.05) is 43.5 Å². The zero-order chi connectivity index (χ0) is 19.1. The number of nitrogens with zero attached hydrogens (tertiary/aromatic N) is 2. The summed E-state index contributed by atoms with van der Waals surface area (Å²) in [7, 11) is 0. The van der Waals surface area contributed by atoms with E-state index in [0.29, 0.717) is 24.7 Å². The second kappa shape index (κ2) is 9.82. The van der Waals surface area contributed by atoms with Crippen LogP contribution in [0.2, 0.25) is 0 Å². The summed E-state index contributed by atoms with van der Waals surface area (Å²) in [6.07, 6.45) is 2.31. The molecular weight excluding hydrogens is 344 g/mol. The van der Waals surface area contributed by atoms with Crippen molar-refractivity contribution in [3.8, 4) is 0 Å². The number of nitrogens with one attached hydrogen (secondary N) is 2. The van der Waals surface area contributed by atoms with E-state index in [1.165, 1.54) is 0 Å². The van der Waals surface area contributed by atoms with Crippen molar-refractivity contribution in [1.29, 1.82) is 0 Å². The first-order chi connectivity index (χ1) is 13.1. The predicted octanol–water partition coefficient (Wildman–Crippen LogP) is 1.17. The Hall–Kier alpha value is -1.96. The van der Waals surface area contributed by atoms with Gasteiger partial charge < -0.3 is 15.4 Å². The van der Waals surface area contributed by atoms with Gasteiger partial charge in [0.25, 0.3) is 5.91 Å². The number of ether oxygens (including phenoxy) is 1. The molecule has 1 aromatic carbocycles. The summed E-state index contributed by atoms with van der Waals surface area (Å²) < 4.78 is 5.32. The van der Waals surface area contributed by atoms with Crippen molar-refractivity contribution in [1.82, 2.24) is 15.1 Å². The molecule has 2 saturated heterocycles. The van der Waals surface area contributed by atoms with Crippen LogP contribution in [0, 0.1) is 0 Å². The Kier molecular flexibility index (Phi) is 7.20. The minimum Gasteiger partial charge on any atom is -0.379 e. The van der Waals surface area contributed by atoms with Gasteiger partial charge in [0.1, 0.15) is 0 Å². The summed E-state index contributed by atoms with van der Waals surface area (Å²) in [6, 6.07) is 7.53. The number of amides is 2. The lowest BCUT2D eigenvalue weighted by Gasteiger charge is -2.26. The Morgan fingerprint density at radius 3 is 2.56 bits per heavy atom. The van der Waals surface area contributed by atoms with Crippen LogP contribution in [0.25, 0.3) is 0 Å². The molecule has 0 spiro atoms. The summed E-state index contributed by atoms with van der Waals surface area (Å²) in [4.78, 5) is 28.9. The van der Waals surface area contributed by atoms with E-state index in [1.54, 1.807) is 24.3 Å². The number of morpholine rings is 1. The lowest BCUT2D eigenvalue weighted by atomic mass is 10.2. The maximum Gasteiger partial charge on any atom is 0.251 e. The van der Waals surface area contributed by atoms with Gasteiger partial charge in [-0.2, -0.15) is 0 Å². The van der Waals surface area contributed by atoms with E-state index in [0.717, 1.165) is 57.9 Å². The Morgan fingerprint density at radius 1 is 1.15 bits per heavy atom. The highest BCUT2D eigenvalue weighted by Crippen LogP contribution is 2.16. The van der Waals surface area contributed by atoms with Crippen molar-refractivity contribution >= 4 is 17.5 Å². The first kappa shape index (κ1) is 19.8. The highest BCUT2D eigenvalue weighted by Gasteiger charge is 2.22. The van der Waals surface area contributed by atoms with Crippen molar-refractivity contribution in [2.45, 2.75) is 25.8 Å². The third-order valence-corrected chi connectivity index (χ3v) is 5.29. The summed E-state index contributed by atoms with van der Waals surface area (Å²) in [5.74, 6) is -0.0986. The van der Waals surface area contributed by atoms with Gasteiger partial charge in [0.2, 0.25) is 5.91 Å². The molecule has 2 aliphatic rings. The number of hydrogen-bond acceptors (Lipinski definition) is 5. The van der Waals surface area contributed by atoms with Gasteiger partial charge in [-0.3, -0.25) is 19.4 Å². The number of likely N-dealkylation sites (tertiary alicyclic amines) is 1. The first-order valence-electron chi connectivity index (χ1n) is 9.84. The zero-order valence-corrected chi connectivity index (χ0v) is 16.1. The zero-order valence-electron chi connectivity index (χ0n) is 16.1. The topological polar surface area (TPSA) is 73.9 Å². The molecule has 0 bridgehead atoms. The van der Waals surface area contributed by atoms with Gasteiger partial charge in [0.15, 0.2) is 0 Å². The van der Waals surface area contributed by atoms with Gasteiger partial charge in [0.05, 0.1) is 19.8 Å². The van der Waals surface area contributed by atoms with Gasteiger partial charge in [-0.1, -0.05) is 0 Å². The Labute approximate surface area is 161 Å². The number of anilines is 1. The van der Waals surface area contributed by atoms with E-state index >= 15 is 0 Å². The number of hydrogen-bond donors (Lipinski definition) is 2. The van der Waals surface area contributed by atoms with Crippen LogP contribution in [0.4, 0.5) is 5.69 Å². The molecule has 0 unspecified atom stereocenters. The van der Waals surface area contributed by atoms with Crippen molar-refractivity contribution in [3.63, 3.8) is 0 Å². The van der Waals surface area contributed by atoms with Crippen LogP contribution in [0.15, 0.2) is 24.3 Å². The van der Waals surface area contributed by atoms with E-state index in [-0.39, 0.29) is 11.8 Å². The lowest BCUT2D eigenvalue weighted by Crippen LogP contribution is -2.41. The molecule has 0 aromatic heterocycles. The summed E-state index contributed by atoms with van der Waals surface area (Å²) >= 11 is 0. The molecule has 1 atom stereocenters. The molecule has 3 rings (SSSR count). The van der Waals surface area contributed by atoms with Crippen molar-refractivity contribution in [3.05, 3.63) is 29.8 Å². The monoisotopic (exact) mass is 374 g/mol. The van der Waals surface area contributed by atoms with Crippen LogP contribution in [0.3, 0.4) is 0 Å². The van der Waals surface area contributed by atoms with Gasteiger partial charge in [-0.25, -0.2) is 0 Å². The molecule has 0 radical (unpaired) electrons. The van der Waals surface area contributed by atoms with E-state index < -0.39 is 0 Å². The molecule has 0 aliphatic carbocycles. The van der Waals surface area contributed by atoms with Crippen LogP contribution in [0.5, 0.6) is 0 Å². The molecule has 27 heavy (non-hydrogen) atoms. The summed E-state index contributed by atoms with van der Waals surface area (Å²) in [5.41, 5.74) is 1.32. The highest BCUT2D eigenvalue weighted by molar-refractivity contribution is 5.96. The highest BCUT2D eigenvalue weighted by atomic mass is 16.5. The Morgan fingerprint density at radius 2 is 1.89 bits per heavy atom. The molecule has 0 saturated carbocycles. The smallest absolute Gasteiger partial charge is 0.251 e. The fraction of sp³-hybridized carbons (Fsp3) is 0.600. The molecular formula is C20H30N4O3. The maximum absolute atomic E-state index is 12.2. The third-order valence-electron chi connectivity index (χ3n) is 5.29. The molecule has 7 nitrogen and oxygen atoms in total. The average molecular weight is 374 g/mol. The standard InChI is InChI=1S/C20H30N4O3/c1-16-3-2-9-24(16)15-19(25)22-18-6-4-17(5-7-18)20(26)21-8-10-23-11-13-27-14-12-23/h4-7,16H,2-3,8-15H2,1H3,(H,21,26)(H,22,25)/t16-/m1/s1. The molecule has 7 heteroatoms. The largest absolute Gasteiger partial charge is 0.379 e. The van der Waals surface area contributed by atoms with Gasteiger partial charge in [-0.05, 0) is 50.6 Å². The van der Waals surface area contributed by atoms with Crippen LogP contribution in [-0.2, 0) is 9.53 Å². The second-order valence-corrected chi connectivity index (χ2v) is 7.30. The number of rotatable bonds is 7. The normalized spacial score (nSPS) is 21.1. The summed E-state index contributed by atoms with van der Waals surface area (Å²) in [5, 5.41) is 5.86. The summed E-state index contributed by atoms with van der Waals surface area (Å²) in [6.45, 7) is 8.37. The number of carbonyl (C=O) groups excluding carboxylic acids is 2. The van der Waals surface area contributed by atoms with E-state index in [4.69, 9.17) is 4.74 Å². The van der Waals surface area contributed by atoms with Crippen LogP contribution >= 0.6 is 0 Å². The minimum absolute atomic E-state index is 0.00790. The average Bonchev–Trinajstić information content (AvgIpc) is 3.07. The predicted molar refractivity (Wildman–Crippen MR) is 105 cm³/mol. The van der Waals surface area contributed by atoms with Crippen LogP contribution < -0.4 is 10.6 Å². The second-order valence-electron chi connectivity index (χ2n) is 7.30. The minimum atomic E-state index is -0.0907. The molecule has 2 heterocycles. The first-order valence-corrected chi connectivity index (χ1v) is 9.84. The SMILES string of the molecule is C[C@@H]1CCCN1CC(=O)Nc1ccc(C(=O)NCCN2CCOCC2)cc1. The van der Waals surface area contributed by atoms with Crippen molar-refractivity contribution in [2.24, 2.45) is 0 Å². The molecule has 1 aromatic rings. The molecule has 2 N–H and O–H groups in total. The fourth-order valence-electron chi connectivity index (χ4n) is 3.57. The molecule has 2 fully saturated rings. The Bertz CT molecular complexity index is 629. The fourth-order valence-corrected chi connectivity index (χ4v) is 3.57. The van der Waals surface area contributed by atoms with E-state index in [2.05, 4.69) is 27.4 Å². The van der Waals surface area contributed by atoms with Crippen LogP contribution in [-0.4, -0.2) is 80.1 Å².